The van der Waals surface area contributed by atoms with Crippen LogP contribution in [-0.4, -0.2) is 4.98 Å². The summed E-state index contributed by atoms with van der Waals surface area (Å²) in [7, 11) is 0. The van der Waals surface area contributed by atoms with Crippen LogP contribution in [0, 0.1) is 5.82 Å². The van der Waals surface area contributed by atoms with E-state index in [1.165, 1.54) is 6.07 Å². The molecule has 0 amide bonds. The summed E-state index contributed by atoms with van der Waals surface area (Å²) in [5.41, 5.74) is 7.70. The first kappa shape index (κ1) is 13.6. The molecule has 0 saturated heterocycles. The summed E-state index contributed by atoms with van der Waals surface area (Å²) in [5, 5.41) is 0. The Balaban J connectivity index is 2.18. The van der Waals surface area contributed by atoms with Crippen molar-refractivity contribution in [3.05, 3.63) is 62.5 Å². The molecule has 1 heterocycles. The van der Waals surface area contributed by atoms with Crippen molar-refractivity contribution in [1.82, 2.24) is 4.98 Å². The molecule has 0 aliphatic carbocycles. The van der Waals surface area contributed by atoms with E-state index in [0.29, 0.717) is 10.9 Å². The Morgan fingerprint density at radius 2 is 2.00 bits per heavy atom. The number of rotatable bonds is 3. The molecule has 2 nitrogen and oxygen atoms in total. The minimum absolute atomic E-state index is 0.254. The summed E-state index contributed by atoms with van der Waals surface area (Å²) in [6, 6.07) is 8.45. The SMILES string of the molecule is NC(Cc1cccc(F)c1Br)c1ccc(Br)cn1. The fourth-order valence-corrected chi connectivity index (χ4v) is 2.31. The summed E-state index contributed by atoms with van der Waals surface area (Å²) in [6.45, 7) is 0. The fraction of sp³-hybridized carbons (Fsp3) is 0.154. The Labute approximate surface area is 122 Å². The Kier molecular flexibility index (Phi) is 4.48. The maximum atomic E-state index is 13.4. The topological polar surface area (TPSA) is 38.9 Å². The molecular weight excluding hydrogens is 363 g/mol. The molecule has 0 aliphatic rings. The molecule has 0 bridgehead atoms. The van der Waals surface area contributed by atoms with E-state index in [0.717, 1.165) is 15.7 Å². The van der Waals surface area contributed by atoms with Gasteiger partial charge in [0.15, 0.2) is 0 Å². The van der Waals surface area contributed by atoms with E-state index < -0.39 is 0 Å². The number of benzene rings is 1. The average molecular weight is 374 g/mol. The van der Waals surface area contributed by atoms with Gasteiger partial charge in [-0.1, -0.05) is 12.1 Å². The zero-order valence-electron chi connectivity index (χ0n) is 9.41. The van der Waals surface area contributed by atoms with E-state index in [-0.39, 0.29) is 11.9 Å². The zero-order chi connectivity index (χ0) is 13.1. The van der Waals surface area contributed by atoms with E-state index in [1.54, 1.807) is 12.3 Å². The fourth-order valence-electron chi connectivity index (χ4n) is 1.65. The highest BCUT2D eigenvalue weighted by atomic mass is 79.9. The van der Waals surface area contributed by atoms with Gasteiger partial charge >= 0.3 is 0 Å². The van der Waals surface area contributed by atoms with Crippen molar-refractivity contribution in [1.29, 1.82) is 0 Å². The van der Waals surface area contributed by atoms with Crippen molar-refractivity contribution in [2.24, 2.45) is 5.73 Å². The third kappa shape index (κ3) is 3.16. The first-order valence-corrected chi connectivity index (χ1v) is 6.96. The van der Waals surface area contributed by atoms with Crippen molar-refractivity contribution in [3.63, 3.8) is 0 Å². The van der Waals surface area contributed by atoms with E-state index >= 15 is 0 Å². The Morgan fingerprint density at radius 1 is 1.22 bits per heavy atom. The Hall–Kier alpha value is -0.780. The van der Waals surface area contributed by atoms with Crippen molar-refractivity contribution in [2.75, 3.05) is 0 Å². The van der Waals surface area contributed by atoms with Gasteiger partial charge in [0.05, 0.1) is 16.2 Å². The molecule has 0 radical (unpaired) electrons. The van der Waals surface area contributed by atoms with Gasteiger partial charge < -0.3 is 5.73 Å². The van der Waals surface area contributed by atoms with E-state index in [4.69, 9.17) is 5.73 Å². The summed E-state index contributed by atoms with van der Waals surface area (Å²) < 4.78 is 14.8. The van der Waals surface area contributed by atoms with Crippen molar-refractivity contribution < 1.29 is 4.39 Å². The first-order chi connectivity index (χ1) is 8.58. The molecule has 1 aromatic carbocycles. The van der Waals surface area contributed by atoms with Gasteiger partial charge in [-0.25, -0.2) is 4.39 Å². The highest BCUT2D eigenvalue weighted by Gasteiger charge is 2.12. The first-order valence-electron chi connectivity index (χ1n) is 5.38. The minimum atomic E-state index is -0.275. The van der Waals surface area contributed by atoms with Crippen molar-refractivity contribution in [3.8, 4) is 0 Å². The molecule has 94 valence electrons. The number of hydrogen-bond acceptors (Lipinski definition) is 2. The third-order valence-electron chi connectivity index (χ3n) is 2.60. The molecular formula is C13H11Br2FN2. The number of halogens is 3. The molecule has 2 aromatic rings. The van der Waals surface area contributed by atoms with Crippen LogP contribution in [-0.2, 0) is 6.42 Å². The number of pyridine rings is 1. The summed E-state index contributed by atoms with van der Waals surface area (Å²) >= 11 is 6.56. The lowest BCUT2D eigenvalue weighted by Gasteiger charge is -2.12. The van der Waals surface area contributed by atoms with Gasteiger partial charge in [-0.3, -0.25) is 4.98 Å². The monoisotopic (exact) mass is 372 g/mol. The van der Waals surface area contributed by atoms with Crippen LogP contribution in [0.2, 0.25) is 0 Å². The lowest BCUT2D eigenvalue weighted by Crippen LogP contribution is -2.15. The van der Waals surface area contributed by atoms with Crippen LogP contribution < -0.4 is 5.73 Å². The Morgan fingerprint density at radius 3 is 2.67 bits per heavy atom. The maximum Gasteiger partial charge on any atom is 0.137 e. The molecule has 1 atom stereocenters. The van der Waals surface area contributed by atoms with Crippen molar-refractivity contribution >= 4 is 31.9 Å². The summed E-state index contributed by atoms with van der Waals surface area (Å²) in [5.74, 6) is -0.275. The molecule has 2 rings (SSSR count). The number of hydrogen-bond donors (Lipinski definition) is 1. The largest absolute Gasteiger partial charge is 0.322 e. The van der Waals surface area contributed by atoms with Crippen LogP contribution in [0.5, 0.6) is 0 Å². The van der Waals surface area contributed by atoms with Crippen LogP contribution in [0.1, 0.15) is 17.3 Å². The van der Waals surface area contributed by atoms with Crippen LogP contribution >= 0.6 is 31.9 Å². The van der Waals surface area contributed by atoms with Crippen LogP contribution in [0.15, 0.2) is 45.5 Å². The predicted octanol–water partition coefficient (Wildman–Crippen LogP) is 3.99. The number of nitrogens with two attached hydrogens (primary N) is 1. The lowest BCUT2D eigenvalue weighted by molar-refractivity contribution is 0.613. The molecule has 1 unspecified atom stereocenters. The van der Waals surface area contributed by atoms with Gasteiger partial charge in [0, 0.05) is 10.7 Å². The quantitative estimate of drug-likeness (QED) is 0.883. The van der Waals surface area contributed by atoms with Crippen molar-refractivity contribution in [2.45, 2.75) is 12.5 Å². The second kappa shape index (κ2) is 5.91. The number of nitrogens with zero attached hydrogens (tertiary/aromatic N) is 1. The molecule has 1 aromatic heterocycles. The molecule has 0 fully saturated rings. The van der Waals surface area contributed by atoms with Gasteiger partial charge in [-0.15, -0.1) is 0 Å². The number of aromatic nitrogens is 1. The van der Waals surface area contributed by atoms with Gasteiger partial charge in [0.2, 0.25) is 0 Å². The molecule has 0 saturated carbocycles. The van der Waals surface area contributed by atoms with E-state index in [9.17, 15) is 4.39 Å². The second-order valence-corrected chi connectivity index (χ2v) is 5.63. The van der Waals surface area contributed by atoms with E-state index in [1.807, 2.05) is 18.2 Å². The van der Waals surface area contributed by atoms with Crippen LogP contribution in [0.25, 0.3) is 0 Å². The normalized spacial score (nSPS) is 12.4. The minimum Gasteiger partial charge on any atom is -0.322 e. The summed E-state index contributed by atoms with van der Waals surface area (Å²) in [4.78, 5) is 4.25. The highest BCUT2D eigenvalue weighted by molar-refractivity contribution is 9.10. The molecule has 18 heavy (non-hydrogen) atoms. The highest BCUT2D eigenvalue weighted by Crippen LogP contribution is 2.24. The standard InChI is InChI=1S/C13H11Br2FN2/c14-9-4-5-12(18-7-9)11(17)6-8-2-1-3-10(16)13(8)15/h1-5,7,11H,6,17H2. The van der Waals surface area contributed by atoms with Gasteiger partial charge in [0.25, 0.3) is 0 Å². The van der Waals surface area contributed by atoms with Crippen LogP contribution in [0.4, 0.5) is 4.39 Å². The second-order valence-electron chi connectivity index (χ2n) is 3.92. The molecule has 2 N–H and O–H groups in total. The van der Waals surface area contributed by atoms with Gasteiger partial charge in [-0.2, -0.15) is 0 Å². The smallest absolute Gasteiger partial charge is 0.137 e. The lowest BCUT2D eigenvalue weighted by atomic mass is 10.0. The van der Waals surface area contributed by atoms with Crippen LogP contribution in [0.3, 0.4) is 0 Å². The Bertz CT molecular complexity index is 543. The predicted molar refractivity (Wildman–Crippen MR) is 76.7 cm³/mol. The molecule has 5 heteroatoms. The zero-order valence-corrected chi connectivity index (χ0v) is 12.6. The average Bonchev–Trinajstić information content (AvgIpc) is 2.36. The molecule has 0 spiro atoms. The maximum absolute atomic E-state index is 13.4. The van der Waals surface area contributed by atoms with E-state index in [2.05, 4.69) is 36.8 Å². The van der Waals surface area contributed by atoms with Gasteiger partial charge in [-0.05, 0) is 62.0 Å². The summed E-state index contributed by atoms with van der Waals surface area (Å²) in [6.07, 6.45) is 2.24. The molecule has 0 aliphatic heterocycles. The van der Waals surface area contributed by atoms with Gasteiger partial charge in [0.1, 0.15) is 5.82 Å². The third-order valence-corrected chi connectivity index (χ3v) is 3.96.